The number of benzene rings is 2. The lowest BCUT2D eigenvalue weighted by atomic mass is 10.1. The molecular weight excluding hydrogens is 400 g/mol. The third kappa shape index (κ3) is 6.03. The molecule has 0 bridgehead atoms. The van der Waals surface area contributed by atoms with Crippen LogP contribution in [0.4, 0.5) is 5.69 Å². The van der Waals surface area contributed by atoms with Gasteiger partial charge in [0, 0.05) is 29.0 Å². The van der Waals surface area contributed by atoms with Crippen LogP contribution < -0.4 is 15.4 Å². The number of anilines is 1. The number of hydrogen-bond acceptors (Lipinski definition) is 5. The van der Waals surface area contributed by atoms with E-state index in [0.29, 0.717) is 36.8 Å². The van der Waals surface area contributed by atoms with E-state index in [9.17, 15) is 9.59 Å². The zero-order valence-corrected chi connectivity index (χ0v) is 18.0. The molecule has 0 fully saturated rings. The average Bonchev–Trinajstić information content (AvgIpc) is 2.77. The van der Waals surface area contributed by atoms with E-state index in [1.807, 2.05) is 44.2 Å². The summed E-state index contributed by atoms with van der Waals surface area (Å²) in [6.07, 6.45) is 0.719. The number of rotatable bonds is 8. The summed E-state index contributed by atoms with van der Waals surface area (Å²) < 4.78 is 10.8. The molecule has 2 amide bonds. The average molecular weight is 427 g/mol. The Hall–Kier alpha value is -2.93. The Bertz CT molecular complexity index is 925. The highest BCUT2D eigenvalue weighted by Gasteiger charge is 2.16. The van der Waals surface area contributed by atoms with Gasteiger partial charge in [-0.2, -0.15) is 0 Å². The maximum Gasteiger partial charge on any atom is 0.291 e. The van der Waals surface area contributed by atoms with Gasteiger partial charge in [0.2, 0.25) is 0 Å². The highest BCUT2D eigenvalue weighted by Crippen LogP contribution is 2.21. The summed E-state index contributed by atoms with van der Waals surface area (Å²) >= 11 is 1.55. The summed E-state index contributed by atoms with van der Waals surface area (Å²) in [5, 5.41) is 7.48. The Morgan fingerprint density at radius 3 is 2.63 bits per heavy atom. The van der Waals surface area contributed by atoms with E-state index in [1.54, 1.807) is 29.3 Å². The minimum atomic E-state index is -0.307. The Labute approximate surface area is 181 Å². The molecule has 0 saturated carbocycles. The van der Waals surface area contributed by atoms with Gasteiger partial charge in [0.15, 0.2) is 5.76 Å². The fourth-order valence-corrected chi connectivity index (χ4v) is 3.53. The number of carbonyl (C=O) groups excluding carboxylic acids is 2. The van der Waals surface area contributed by atoms with E-state index in [2.05, 4.69) is 10.6 Å². The maximum absolute atomic E-state index is 12.5. The van der Waals surface area contributed by atoms with Gasteiger partial charge < -0.3 is 20.1 Å². The SMILES string of the molecule is CCOc1ccc(CCNC(=O)c2ccc(C)c(NC(=O)C3=CSCCO3)c2)cc1. The van der Waals surface area contributed by atoms with Crippen LogP contribution in [-0.4, -0.2) is 37.3 Å². The molecule has 7 heteroatoms. The van der Waals surface area contributed by atoms with Gasteiger partial charge in [-0.05, 0) is 55.7 Å². The van der Waals surface area contributed by atoms with Crippen LogP contribution in [0, 0.1) is 6.92 Å². The number of carbonyl (C=O) groups is 2. The van der Waals surface area contributed by atoms with Crippen molar-refractivity contribution in [2.45, 2.75) is 20.3 Å². The summed E-state index contributed by atoms with van der Waals surface area (Å²) in [5.41, 5.74) is 3.09. The number of thioether (sulfide) groups is 1. The van der Waals surface area contributed by atoms with Crippen LogP contribution in [0.2, 0.25) is 0 Å². The molecule has 158 valence electrons. The second kappa shape index (κ2) is 10.7. The fourth-order valence-electron chi connectivity index (χ4n) is 2.91. The van der Waals surface area contributed by atoms with Crippen LogP contribution in [-0.2, 0) is 16.0 Å². The molecule has 1 aliphatic heterocycles. The van der Waals surface area contributed by atoms with Crippen molar-refractivity contribution in [1.82, 2.24) is 5.32 Å². The number of aryl methyl sites for hydroxylation is 1. The van der Waals surface area contributed by atoms with Gasteiger partial charge in [-0.15, -0.1) is 11.8 Å². The van der Waals surface area contributed by atoms with Gasteiger partial charge in [-0.1, -0.05) is 18.2 Å². The lowest BCUT2D eigenvalue weighted by Crippen LogP contribution is -2.26. The molecule has 2 aromatic carbocycles. The molecule has 0 atom stereocenters. The molecule has 0 aromatic heterocycles. The Morgan fingerprint density at radius 2 is 1.93 bits per heavy atom. The van der Waals surface area contributed by atoms with E-state index in [0.717, 1.165) is 29.1 Å². The predicted octanol–water partition coefficient (Wildman–Crippen LogP) is 3.91. The summed E-state index contributed by atoms with van der Waals surface area (Å²) in [7, 11) is 0. The van der Waals surface area contributed by atoms with Crippen molar-refractivity contribution in [2.24, 2.45) is 0 Å². The fraction of sp³-hybridized carbons (Fsp3) is 0.304. The smallest absolute Gasteiger partial charge is 0.291 e. The predicted molar refractivity (Wildman–Crippen MR) is 120 cm³/mol. The topological polar surface area (TPSA) is 76.7 Å². The third-order valence-electron chi connectivity index (χ3n) is 4.55. The van der Waals surface area contributed by atoms with Crippen LogP contribution >= 0.6 is 11.8 Å². The van der Waals surface area contributed by atoms with Gasteiger partial charge in [0.1, 0.15) is 5.75 Å². The third-order valence-corrected chi connectivity index (χ3v) is 5.34. The van der Waals surface area contributed by atoms with E-state index in [-0.39, 0.29) is 11.8 Å². The quantitative estimate of drug-likeness (QED) is 0.669. The van der Waals surface area contributed by atoms with Crippen molar-refractivity contribution in [3.8, 4) is 5.75 Å². The van der Waals surface area contributed by atoms with E-state index in [1.165, 1.54) is 0 Å². The van der Waals surface area contributed by atoms with Crippen molar-refractivity contribution < 1.29 is 19.1 Å². The number of hydrogen-bond donors (Lipinski definition) is 2. The first-order chi connectivity index (χ1) is 14.6. The maximum atomic E-state index is 12.5. The standard InChI is InChI=1S/C23H26N2O4S/c1-3-28-19-8-5-17(6-9-19)10-11-24-22(26)18-7-4-16(2)20(14-18)25-23(27)21-15-30-13-12-29-21/h4-9,14-15H,3,10-13H2,1-2H3,(H,24,26)(H,25,27). The molecular formula is C23H26N2O4S. The molecule has 1 heterocycles. The summed E-state index contributed by atoms with van der Waals surface area (Å²) in [5.74, 6) is 1.49. The molecule has 0 unspecified atom stereocenters. The van der Waals surface area contributed by atoms with Gasteiger partial charge in [0.25, 0.3) is 11.8 Å². The Balaban J connectivity index is 1.56. The zero-order chi connectivity index (χ0) is 21.3. The number of nitrogens with one attached hydrogen (secondary N) is 2. The van der Waals surface area contributed by atoms with E-state index < -0.39 is 0 Å². The van der Waals surface area contributed by atoms with E-state index in [4.69, 9.17) is 9.47 Å². The van der Waals surface area contributed by atoms with Gasteiger partial charge in [0.05, 0.1) is 13.2 Å². The molecule has 30 heavy (non-hydrogen) atoms. The van der Waals surface area contributed by atoms with Crippen LogP contribution in [0.5, 0.6) is 5.75 Å². The molecule has 0 spiro atoms. The zero-order valence-electron chi connectivity index (χ0n) is 17.2. The molecule has 0 radical (unpaired) electrons. The van der Waals surface area contributed by atoms with Crippen molar-refractivity contribution in [3.05, 3.63) is 70.3 Å². The first-order valence-corrected chi connectivity index (χ1v) is 11.0. The first-order valence-electron chi connectivity index (χ1n) is 9.93. The van der Waals surface area contributed by atoms with Crippen molar-refractivity contribution >= 4 is 29.3 Å². The van der Waals surface area contributed by atoms with E-state index >= 15 is 0 Å². The normalized spacial score (nSPS) is 13.1. The second-order valence-electron chi connectivity index (χ2n) is 6.77. The minimum Gasteiger partial charge on any atom is -0.494 e. The van der Waals surface area contributed by atoms with Crippen LogP contribution in [0.15, 0.2) is 53.6 Å². The van der Waals surface area contributed by atoms with Crippen molar-refractivity contribution in [1.29, 1.82) is 0 Å². The number of ether oxygens (including phenoxy) is 2. The van der Waals surface area contributed by atoms with Gasteiger partial charge in [-0.25, -0.2) is 0 Å². The van der Waals surface area contributed by atoms with Crippen LogP contribution in [0.3, 0.4) is 0 Å². The Morgan fingerprint density at radius 1 is 1.13 bits per heavy atom. The monoisotopic (exact) mass is 426 g/mol. The molecule has 1 aliphatic rings. The summed E-state index contributed by atoms with van der Waals surface area (Å²) in [6, 6.07) is 13.1. The lowest BCUT2D eigenvalue weighted by Gasteiger charge is -2.15. The molecule has 0 aliphatic carbocycles. The van der Waals surface area contributed by atoms with Gasteiger partial charge >= 0.3 is 0 Å². The second-order valence-corrected chi connectivity index (χ2v) is 7.75. The first kappa shape index (κ1) is 21.8. The highest BCUT2D eigenvalue weighted by molar-refractivity contribution is 8.02. The number of amides is 2. The van der Waals surface area contributed by atoms with Crippen molar-refractivity contribution in [2.75, 3.05) is 30.8 Å². The molecule has 3 rings (SSSR count). The largest absolute Gasteiger partial charge is 0.494 e. The Kier molecular flexibility index (Phi) is 7.79. The molecule has 2 N–H and O–H groups in total. The lowest BCUT2D eigenvalue weighted by molar-refractivity contribution is -0.116. The van der Waals surface area contributed by atoms with Gasteiger partial charge in [-0.3, -0.25) is 9.59 Å². The van der Waals surface area contributed by atoms with Crippen LogP contribution in [0.1, 0.15) is 28.4 Å². The summed E-state index contributed by atoms with van der Waals surface area (Å²) in [4.78, 5) is 24.9. The molecule has 6 nitrogen and oxygen atoms in total. The highest BCUT2D eigenvalue weighted by atomic mass is 32.2. The van der Waals surface area contributed by atoms with Crippen molar-refractivity contribution in [3.63, 3.8) is 0 Å². The molecule has 0 saturated heterocycles. The molecule has 2 aromatic rings. The minimum absolute atomic E-state index is 0.180. The summed E-state index contributed by atoms with van der Waals surface area (Å²) in [6.45, 7) is 5.50. The van der Waals surface area contributed by atoms with Crippen LogP contribution in [0.25, 0.3) is 0 Å².